The van der Waals surface area contributed by atoms with Crippen LogP contribution in [-0.2, 0) is 14.8 Å². The highest BCUT2D eigenvalue weighted by Crippen LogP contribution is 2.33. The monoisotopic (exact) mass is 365 g/mol. The summed E-state index contributed by atoms with van der Waals surface area (Å²) in [4.78, 5) is 13.0. The Bertz CT molecular complexity index is 911. The van der Waals surface area contributed by atoms with Crippen molar-refractivity contribution >= 4 is 38.6 Å². The van der Waals surface area contributed by atoms with Gasteiger partial charge >= 0.3 is 5.97 Å². The molecule has 2 rings (SSSR count). The van der Waals surface area contributed by atoms with Crippen LogP contribution in [0.4, 0.5) is 5.69 Å². The number of sulfonamides is 1. The third-order valence-corrected chi connectivity index (χ3v) is 6.19. The van der Waals surface area contributed by atoms with E-state index in [-0.39, 0.29) is 15.5 Å². The van der Waals surface area contributed by atoms with Crippen LogP contribution in [-0.4, -0.2) is 21.5 Å². The molecule has 0 unspecified atom stereocenters. The fourth-order valence-electron chi connectivity index (χ4n) is 2.22. The van der Waals surface area contributed by atoms with Crippen LogP contribution in [0, 0.1) is 13.8 Å². The minimum absolute atomic E-state index is 0.173. The number of carbonyl (C=O) groups is 1. The van der Waals surface area contributed by atoms with E-state index < -0.39 is 16.0 Å². The third-order valence-electron chi connectivity index (χ3n) is 3.39. The van der Waals surface area contributed by atoms with Crippen LogP contribution in [0.3, 0.4) is 0 Å². The number of methoxy groups -OCH3 is 1. The molecule has 1 aromatic carbocycles. The zero-order chi connectivity index (χ0) is 18.1. The highest BCUT2D eigenvalue weighted by atomic mass is 32.2. The number of hydrogen-bond donors (Lipinski definition) is 1. The molecule has 0 saturated heterocycles. The van der Waals surface area contributed by atoms with Crippen LogP contribution in [0.5, 0.6) is 0 Å². The second-order valence-corrected chi connectivity index (χ2v) is 8.20. The lowest BCUT2D eigenvalue weighted by Gasteiger charge is -2.11. The van der Waals surface area contributed by atoms with Gasteiger partial charge in [0.05, 0.1) is 17.7 Å². The van der Waals surface area contributed by atoms with E-state index in [0.717, 1.165) is 22.5 Å². The smallest absolute Gasteiger partial charge is 0.350 e. The number of hydrogen-bond acceptors (Lipinski definition) is 5. The van der Waals surface area contributed by atoms with E-state index in [1.54, 1.807) is 38.1 Å². The summed E-state index contributed by atoms with van der Waals surface area (Å²) in [6.07, 6.45) is 0. The minimum Gasteiger partial charge on any atom is -0.465 e. The summed E-state index contributed by atoms with van der Waals surface area (Å²) < 4.78 is 32.6. The van der Waals surface area contributed by atoms with Gasteiger partial charge in [0.25, 0.3) is 10.0 Å². The largest absolute Gasteiger partial charge is 0.465 e. The van der Waals surface area contributed by atoms with Gasteiger partial charge in [-0.1, -0.05) is 24.3 Å². The van der Waals surface area contributed by atoms with Gasteiger partial charge in [-0.25, -0.2) is 13.2 Å². The molecule has 0 fully saturated rings. The van der Waals surface area contributed by atoms with Gasteiger partial charge in [0.2, 0.25) is 0 Å². The Balaban J connectivity index is 2.49. The molecule has 5 nitrogen and oxygen atoms in total. The van der Waals surface area contributed by atoms with Crippen LogP contribution in [0.25, 0.3) is 5.57 Å². The van der Waals surface area contributed by atoms with Gasteiger partial charge in [-0.15, -0.1) is 11.3 Å². The zero-order valence-corrected chi connectivity index (χ0v) is 15.6. The van der Waals surface area contributed by atoms with Gasteiger partial charge in [-0.05, 0) is 44.0 Å². The molecule has 1 N–H and O–H groups in total. The first-order valence-electron chi connectivity index (χ1n) is 7.14. The molecular weight excluding hydrogens is 346 g/mol. The molecule has 0 aliphatic rings. The van der Waals surface area contributed by atoms with Crippen molar-refractivity contribution in [1.82, 2.24) is 0 Å². The standard InChI is InChI=1S/C17H19NO4S2/c1-10(2)14-9-13(16(23-14)17(19)22-5)18-24(20,21)15-7-6-11(3)8-12(15)4/h6-9,18H,1H2,2-5H3. The highest BCUT2D eigenvalue weighted by Gasteiger charge is 2.23. The number of benzene rings is 1. The van der Waals surface area contributed by atoms with Crippen LogP contribution in [0.1, 0.15) is 32.6 Å². The van der Waals surface area contributed by atoms with Crippen molar-refractivity contribution in [3.63, 3.8) is 0 Å². The molecule has 0 bridgehead atoms. The van der Waals surface area contributed by atoms with E-state index in [2.05, 4.69) is 11.3 Å². The normalized spacial score (nSPS) is 11.2. The van der Waals surface area contributed by atoms with Crippen molar-refractivity contribution < 1.29 is 17.9 Å². The van der Waals surface area contributed by atoms with Crippen LogP contribution in [0.2, 0.25) is 0 Å². The lowest BCUT2D eigenvalue weighted by molar-refractivity contribution is 0.0607. The predicted molar refractivity (Wildman–Crippen MR) is 97.1 cm³/mol. The summed E-state index contributed by atoms with van der Waals surface area (Å²) in [5.74, 6) is -0.592. The molecule has 1 aromatic heterocycles. The highest BCUT2D eigenvalue weighted by molar-refractivity contribution is 7.92. The molecule has 0 spiro atoms. The predicted octanol–water partition coefficient (Wildman–Crippen LogP) is 3.99. The van der Waals surface area contributed by atoms with Crippen molar-refractivity contribution in [2.45, 2.75) is 25.7 Å². The quantitative estimate of drug-likeness (QED) is 0.813. The van der Waals surface area contributed by atoms with Gasteiger partial charge in [0.1, 0.15) is 4.88 Å². The minimum atomic E-state index is -3.82. The van der Waals surface area contributed by atoms with E-state index in [1.165, 1.54) is 7.11 Å². The molecule has 0 saturated carbocycles. The number of rotatable bonds is 5. The summed E-state index contributed by atoms with van der Waals surface area (Å²) in [5, 5.41) is 0. The molecule has 0 aliphatic carbocycles. The Morgan fingerprint density at radius 1 is 1.25 bits per heavy atom. The van der Waals surface area contributed by atoms with Crippen molar-refractivity contribution in [2.75, 3.05) is 11.8 Å². The summed E-state index contributed by atoms with van der Waals surface area (Å²) in [6.45, 7) is 9.24. The van der Waals surface area contributed by atoms with Gasteiger partial charge in [-0.2, -0.15) is 0 Å². The fourth-order valence-corrected chi connectivity index (χ4v) is 4.53. The SMILES string of the molecule is C=C(C)c1cc(NS(=O)(=O)c2ccc(C)cc2C)c(C(=O)OC)s1. The molecule has 0 atom stereocenters. The van der Waals surface area contributed by atoms with E-state index in [0.29, 0.717) is 10.4 Å². The van der Waals surface area contributed by atoms with Gasteiger partial charge < -0.3 is 4.74 Å². The fraction of sp³-hybridized carbons (Fsp3) is 0.235. The Hall–Kier alpha value is -2.12. The summed E-state index contributed by atoms with van der Waals surface area (Å²) >= 11 is 1.14. The molecule has 128 valence electrons. The molecule has 24 heavy (non-hydrogen) atoms. The van der Waals surface area contributed by atoms with Crippen molar-refractivity contribution in [1.29, 1.82) is 0 Å². The maximum absolute atomic E-state index is 12.7. The first-order valence-corrected chi connectivity index (χ1v) is 9.43. The van der Waals surface area contributed by atoms with E-state index in [9.17, 15) is 13.2 Å². The van der Waals surface area contributed by atoms with Crippen molar-refractivity contribution in [3.8, 4) is 0 Å². The number of aryl methyl sites for hydroxylation is 2. The van der Waals surface area contributed by atoms with Gasteiger partial charge in [-0.3, -0.25) is 4.72 Å². The molecule has 7 heteroatoms. The average molecular weight is 365 g/mol. The zero-order valence-electron chi connectivity index (χ0n) is 14.0. The summed E-state index contributed by atoms with van der Waals surface area (Å²) in [7, 11) is -2.56. The first kappa shape index (κ1) is 18.2. The van der Waals surface area contributed by atoms with Crippen LogP contribution < -0.4 is 4.72 Å². The average Bonchev–Trinajstić information content (AvgIpc) is 2.89. The number of nitrogens with one attached hydrogen (secondary N) is 1. The lowest BCUT2D eigenvalue weighted by atomic mass is 10.2. The Kier molecular flexibility index (Phi) is 5.15. The Morgan fingerprint density at radius 3 is 2.46 bits per heavy atom. The van der Waals surface area contributed by atoms with E-state index in [1.807, 2.05) is 6.92 Å². The van der Waals surface area contributed by atoms with Crippen molar-refractivity contribution in [3.05, 3.63) is 51.7 Å². The van der Waals surface area contributed by atoms with Gasteiger partial charge in [0.15, 0.2) is 0 Å². The maximum atomic E-state index is 12.7. The second kappa shape index (κ2) is 6.78. The third kappa shape index (κ3) is 3.68. The van der Waals surface area contributed by atoms with Crippen LogP contribution >= 0.6 is 11.3 Å². The number of thiophene rings is 1. The number of allylic oxidation sites excluding steroid dienone is 1. The Labute approximate surface area is 146 Å². The molecular formula is C17H19NO4S2. The molecule has 1 heterocycles. The summed E-state index contributed by atoms with van der Waals surface area (Å²) in [5.41, 5.74) is 2.55. The maximum Gasteiger partial charge on any atom is 0.350 e. The number of carbonyl (C=O) groups excluding carboxylic acids is 1. The van der Waals surface area contributed by atoms with E-state index in [4.69, 9.17) is 4.74 Å². The molecule has 2 aromatic rings. The number of ether oxygens (including phenoxy) is 1. The second-order valence-electron chi connectivity index (χ2n) is 5.50. The van der Waals surface area contributed by atoms with E-state index >= 15 is 0 Å². The van der Waals surface area contributed by atoms with Crippen LogP contribution in [0.15, 0.2) is 35.7 Å². The topological polar surface area (TPSA) is 72.5 Å². The molecule has 0 amide bonds. The Morgan fingerprint density at radius 2 is 1.92 bits per heavy atom. The summed E-state index contributed by atoms with van der Waals surface area (Å²) in [6, 6.07) is 6.68. The van der Waals surface area contributed by atoms with Gasteiger partial charge in [0, 0.05) is 4.88 Å². The lowest BCUT2D eigenvalue weighted by Crippen LogP contribution is -2.16. The first-order chi connectivity index (χ1) is 11.2. The number of anilines is 1. The molecule has 0 radical (unpaired) electrons. The van der Waals surface area contributed by atoms with Crippen molar-refractivity contribution in [2.24, 2.45) is 0 Å². The molecule has 0 aliphatic heterocycles. The number of esters is 1.